The second-order valence-electron chi connectivity index (χ2n) is 6.44. The van der Waals surface area contributed by atoms with Crippen LogP contribution in [0.3, 0.4) is 0 Å². The van der Waals surface area contributed by atoms with E-state index < -0.39 is 5.97 Å². The standard InChI is InChI=1S/C21H23N5O4/c1-13-4-7-15(8-5-13)23-21-25-18(24-20(22)26-21)12-30-19(27)10-14-6-9-16(28-2)11-17(14)29-3/h4-9,11H,10,12H2,1-3H3,(H3,22,23,24,25,26). The Morgan fingerprint density at radius 3 is 2.50 bits per heavy atom. The fourth-order valence-corrected chi connectivity index (χ4v) is 2.67. The van der Waals surface area contributed by atoms with E-state index in [0.29, 0.717) is 17.1 Å². The number of carbonyl (C=O) groups is 1. The summed E-state index contributed by atoms with van der Waals surface area (Å²) in [5, 5.41) is 3.05. The maximum Gasteiger partial charge on any atom is 0.310 e. The van der Waals surface area contributed by atoms with Gasteiger partial charge in [-0.3, -0.25) is 4.79 Å². The zero-order valence-corrected chi connectivity index (χ0v) is 17.0. The van der Waals surface area contributed by atoms with Crippen molar-refractivity contribution < 1.29 is 19.0 Å². The highest BCUT2D eigenvalue weighted by Crippen LogP contribution is 2.25. The molecule has 0 unspecified atom stereocenters. The molecule has 3 rings (SSSR count). The molecule has 0 spiro atoms. The predicted molar refractivity (Wildman–Crippen MR) is 112 cm³/mol. The lowest BCUT2D eigenvalue weighted by Gasteiger charge is -2.11. The largest absolute Gasteiger partial charge is 0.497 e. The van der Waals surface area contributed by atoms with Crippen LogP contribution in [0.5, 0.6) is 11.5 Å². The molecule has 3 aromatic rings. The van der Waals surface area contributed by atoms with E-state index in [9.17, 15) is 4.79 Å². The first-order valence-corrected chi connectivity index (χ1v) is 9.17. The lowest BCUT2D eigenvalue weighted by Crippen LogP contribution is -2.13. The van der Waals surface area contributed by atoms with E-state index in [-0.39, 0.29) is 30.7 Å². The monoisotopic (exact) mass is 409 g/mol. The molecule has 0 saturated heterocycles. The quantitative estimate of drug-likeness (QED) is 0.541. The van der Waals surface area contributed by atoms with Gasteiger partial charge in [0.05, 0.1) is 20.6 Å². The van der Waals surface area contributed by atoms with Crippen molar-refractivity contribution in [2.75, 3.05) is 25.3 Å². The van der Waals surface area contributed by atoms with Crippen molar-refractivity contribution in [1.82, 2.24) is 15.0 Å². The van der Waals surface area contributed by atoms with Crippen molar-refractivity contribution in [2.45, 2.75) is 20.0 Å². The molecule has 156 valence electrons. The predicted octanol–water partition coefficient (Wildman–Crippen LogP) is 2.81. The number of benzene rings is 2. The third-order valence-corrected chi connectivity index (χ3v) is 4.20. The molecule has 9 nitrogen and oxygen atoms in total. The van der Waals surface area contributed by atoms with Crippen LogP contribution in [0, 0.1) is 6.92 Å². The number of nitrogens with two attached hydrogens (primary N) is 1. The van der Waals surface area contributed by atoms with Gasteiger partial charge in [0.15, 0.2) is 12.4 Å². The second kappa shape index (κ2) is 9.55. The maximum absolute atomic E-state index is 12.3. The van der Waals surface area contributed by atoms with Gasteiger partial charge in [-0.25, -0.2) is 0 Å². The molecular weight excluding hydrogens is 386 g/mol. The number of methoxy groups -OCH3 is 2. The highest BCUT2D eigenvalue weighted by atomic mass is 16.5. The van der Waals surface area contributed by atoms with Crippen molar-refractivity contribution in [3.05, 3.63) is 59.4 Å². The molecule has 0 bridgehead atoms. The number of nitrogens with one attached hydrogen (secondary N) is 1. The zero-order valence-electron chi connectivity index (χ0n) is 17.0. The molecule has 0 aliphatic rings. The Hall–Kier alpha value is -3.88. The third-order valence-electron chi connectivity index (χ3n) is 4.20. The average molecular weight is 409 g/mol. The van der Waals surface area contributed by atoms with E-state index in [1.807, 2.05) is 31.2 Å². The van der Waals surface area contributed by atoms with E-state index >= 15 is 0 Å². The Kier molecular flexibility index (Phi) is 6.63. The lowest BCUT2D eigenvalue weighted by atomic mass is 10.1. The summed E-state index contributed by atoms with van der Waals surface area (Å²) >= 11 is 0. The summed E-state index contributed by atoms with van der Waals surface area (Å²) in [5.74, 6) is 1.27. The van der Waals surface area contributed by atoms with Crippen LogP contribution >= 0.6 is 0 Å². The number of carbonyl (C=O) groups excluding carboxylic acids is 1. The van der Waals surface area contributed by atoms with Crippen molar-refractivity contribution >= 4 is 23.6 Å². The minimum absolute atomic E-state index is 0.0300. The molecule has 2 aromatic carbocycles. The Bertz CT molecular complexity index is 1020. The van der Waals surface area contributed by atoms with Crippen molar-refractivity contribution in [1.29, 1.82) is 0 Å². The first-order valence-electron chi connectivity index (χ1n) is 9.17. The molecule has 0 aliphatic heterocycles. The highest BCUT2D eigenvalue weighted by Gasteiger charge is 2.13. The Balaban J connectivity index is 1.63. The number of ether oxygens (including phenoxy) is 3. The molecule has 1 heterocycles. The van der Waals surface area contributed by atoms with Crippen LogP contribution in [0.2, 0.25) is 0 Å². The van der Waals surface area contributed by atoms with Gasteiger partial charge in [-0.2, -0.15) is 15.0 Å². The maximum atomic E-state index is 12.3. The van der Waals surface area contributed by atoms with Crippen LogP contribution in [-0.4, -0.2) is 35.1 Å². The minimum Gasteiger partial charge on any atom is -0.497 e. The van der Waals surface area contributed by atoms with Crippen molar-refractivity contribution in [2.24, 2.45) is 0 Å². The summed E-state index contributed by atoms with van der Waals surface area (Å²) in [4.78, 5) is 24.6. The number of nitrogens with zero attached hydrogens (tertiary/aromatic N) is 3. The van der Waals surface area contributed by atoms with Crippen LogP contribution < -0.4 is 20.5 Å². The summed E-state index contributed by atoms with van der Waals surface area (Å²) in [7, 11) is 3.09. The lowest BCUT2D eigenvalue weighted by molar-refractivity contribution is -0.144. The molecule has 9 heteroatoms. The molecule has 1 aromatic heterocycles. The molecule has 0 saturated carbocycles. The van der Waals surface area contributed by atoms with Gasteiger partial charge in [0.1, 0.15) is 11.5 Å². The number of aromatic nitrogens is 3. The van der Waals surface area contributed by atoms with Crippen molar-refractivity contribution in [3.63, 3.8) is 0 Å². The smallest absolute Gasteiger partial charge is 0.310 e. The zero-order chi connectivity index (χ0) is 21.5. The normalized spacial score (nSPS) is 10.4. The fraction of sp³-hybridized carbons (Fsp3) is 0.238. The number of aryl methyl sites for hydroxylation is 1. The Morgan fingerprint density at radius 1 is 1.03 bits per heavy atom. The van der Waals surface area contributed by atoms with Crippen LogP contribution in [0.25, 0.3) is 0 Å². The summed E-state index contributed by atoms with van der Waals surface area (Å²) in [5.41, 5.74) is 8.38. The van der Waals surface area contributed by atoms with Gasteiger partial charge in [-0.05, 0) is 25.1 Å². The van der Waals surface area contributed by atoms with Crippen LogP contribution in [0.1, 0.15) is 17.0 Å². The van der Waals surface area contributed by atoms with E-state index in [4.69, 9.17) is 19.9 Å². The summed E-state index contributed by atoms with van der Waals surface area (Å²) in [6.07, 6.45) is 0.0300. The number of esters is 1. The first kappa shape index (κ1) is 20.8. The van der Waals surface area contributed by atoms with E-state index in [1.165, 1.54) is 7.11 Å². The molecular formula is C21H23N5O4. The molecule has 0 aliphatic carbocycles. The number of nitrogen functional groups attached to an aromatic ring is 1. The van der Waals surface area contributed by atoms with Gasteiger partial charge in [-0.1, -0.05) is 23.8 Å². The number of hydrogen-bond donors (Lipinski definition) is 2. The Labute approximate surface area is 174 Å². The molecule has 0 radical (unpaired) electrons. The van der Waals surface area contributed by atoms with Gasteiger partial charge in [0.2, 0.25) is 11.9 Å². The number of rotatable bonds is 8. The van der Waals surface area contributed by atoms with Crippen LogP contribution in [0.4, 0.5) is 17.6 Å². The highest BCUT2D eigenvalue weighted by molar-refractivity contribution is 5.73. The van der Waals surface area contributed by atoms with Gasteiger partial charge < -0.3 is 25.3 Å². The number of hydrogen-bond acceptors (Lipinski definition) is 9. The topological polar surface area (TPSA) is 121 Å². The minimum atomic E-state index is -0.453. The van der Waals surface area contributed by atoms with Gasteiger partial charge in [0, 0.05) is 17.3 Å². The second-order valence-corrected chi connectivity index (χ2v) is 6.44. The van der Waals surface area contributed by atoms with Gasteiger partial charge in [-0.15, -0.1) is 0 Å². The van der Waals surface area contributed by atoms with Crippen LogP contribution in [-0.2, 0) is 22.6 Å². The Morgan fingerprint density at radius 2 is 1.80 bits per heavy atom. The average Bonchev–Trinajstić information content (AvgIpc) is 2.74. The van der Waals surface area contributed by atoms with Gasteiger partial charge in [0.25, 0.3) is 0 Å². The first-order chi connectivity index (χ1) is 14.5. The van der Waals surface area contributed by atoms with Crippen LogP contribution in [0.15, 0.2) is 42.5 Å². The van der Waals surface area contributed by atoms with E-state index in [1.54, 1.807) is 25.3 Å². The molecule has 0 fully saturated rings. The third kappa shape index (κ3) is 5.57. The molecule has 30 heavy (non-hydrogen) atoms. The van der Waals surface area contributed by atoms with Gasteiger partial charge >= 0.3 is 5.97 Å². The van der Waals surface area contributed by atoms with Crippen molar-refractivity contribution in [3.8, 4) is 11.5 Å². The van der Waals surface area contributed by atoms with E-state index in [0.717, 1.165) is 11.3 Å². The fourth-order valence-electron chi connectivity index (χ4n) is 2.67. The molecule has 0 amide bonds. The summed E-state index contributed by atoms with van der Waals surface area (Å²) < 4.78 is 15.8. The number of anilines is 3. The molecule has 0 atom stereocenters. The molecule has 3 N–H and O–H groups in total. The summed E-state index contributed by atoms with van der Waals surface area (Å²) in [6.45, 7) is 1.87. The summed E-state index contributed by atoms with van der Waals surface area (Å²) in [6, 6.07) is 12.9. The van der Waals surface area contributed by atoms with E-state index in [2.05, 4.69) is 20.3 Å². The SMILES string of the molecule is COc1ccc(CC(=O)OCc2nc(N)nc(Nc3ccc(C)cc3)n2)c(OC)c1.